The molecule has 1 aromatic heterocycles. The van der Waals surface area contributed by atoms with E-state index in [0.29, 0.717) is 18.4 Å². The molecule has 0 unspecified atom stereocenters. The van der Waals surface area contributed by atoms with Crippen molar-refractivity contribution >= 4 is 16.7 Å². The van der Waals surface area contributed by atoms with E-state index in [9.17, 15) is 9.59 Å². The number of hydrogen-bond donors (Lipinski definition) is 1. The monoisotopic (exact) mass is 313 g/mol. The molecule has 2 aromatic rings. The fraction of sp³-hybridized carbons (Fsp3) is 0.500. The van der Waals surface area contributed by atoms with Crippen molar-refractivity contribution in [2.45, 2.75) is 58.0 Å². The highest BCUT2D eigenvalue weighted by atomic mass is 16.1. The number of carbonyl (C=O) groups excluding carboxylic acids is 1. The van der Waals surface area contributed by atoms with Gasteiger partial charge in [0, 0.05) is 11.8 Å². The van der Waals surface area contributed by atoms with Crippen LogP contribution >= 0.6 is 0 Å². The highest BCUT2D eigenvalue weighted by molar-refractivity contribution is 5.84. The van der Waals surface area contributed by atoms with Crippen LogP contribution in [-0.4, -0.2) is 15.7 Å². The third kappa shape index (κ3) is 3.28. The van der Waals surface area contributed by atoms with Gasteiger partial charge in [0.15, 0.2) is 0 Å². The molecule has 122 valence electrons. The summed E-state index contributed by atoms with van der Waals surface area (Å²) >= 11 is 0. The van der Waals surface area contributed by atoms with Crippen LogP contribution in [0.3, 0.4) is 0 Å². The lowest BCUT2D eigenvalue weighted by Crippen LogP contribution is -2.30. The maximum atomic E-state index is 12.7. The van der Waals surface area contributed by atoms with Gasteiger partial charge in [0.1, 0.15) is 0 Å². The summed E-state index contributed by atoms with van der Waals surface area (Å²) in [6.07, 6.45) is 5.64. The molecule has 5 nitrogen and oxygen atoms in total. The first-order chi connectivity index (χ1) is 11.2. The molecule has 1 aromatic carbocycles. The zero-order valence-electron chi connectivity index (χ0n) is 13.5. The number of rotatable bonds is 5. The summed E-state index contributed by atoms with van der Waals surface area (Å²) in [5.74, 6) is 0.0250. The molecular formula is C18H23N3O2. The highest BCUT2D eigenvalue weighted by Gasteiger charge is 2.21. The van der Waals surface area contributed by atoms with Crippen molar-refractivity contribution in [1.29, 1.82) is 0 Å². The lowest BCUT2D eigenvalue weighted by atomic mass is 10.1. The lowest BCUT2D eigenvalue weighted by molar-refractivity contribution is -0.121. The van der Waals surface area contributed by atoms with E-state index in [1.807, 2.05) is 31.2 Å². The van der Waals surface area contributed by atoms with Crippen molar-refractivity contribution in [3.63, 3.8) is 0 Å². The van der Waals surface area contributed by atoms with Crippen molar-refractivity contribution in [1.82, 2.24) is 15.1 Å². The number of carbonyl (C=O) groups is 1. The van der Waals surface area contributed by atoms with Crippen LogP contribution in [-0.2, 0) is 11.3 Å². The van der Waals surface area contributed by atoms with Gasteiger partial charge in [-0.1, -0.05) is 38.0 Å². The Morgan fingerprint density at radius 2 is 1.96 bits per heavy atom. The largest absolute Gasteiger partial charge is 0.350 e. The standard InChI is InChI=1S/C18H23N3O2/c1-2-7-17(22)19-12-16-14-10-5-6-11-15(14)18(23)21(20-16)13-8-3-4-9-13/h5-6,10-11,13H,2-4,7-9,12H2,1H3,(H,19,22). The first-order valence-electron chi connectivity index (χ1n) is 8.48. The molecule has 1 aliphatic rings. The molecule has 1 N–H and O–H groups in total. The second kappa shape index (κ2) is 6.94. The molecule has 1 heterocycles. The van der Waals surface area contributed by atoms with Crippen molar-refractivity contribution < 1.29 is 4.79 Å². The topological polar surface area (TPSA) is 64.0 Å². The summed E-state index contributed by atoms with van der Waals surface area (Å²) in [5.41, 5.74) is 0.757. The zero-order valence-corrected chi connectivity index (χ0v) is 13.5. The third-order valence-electron chi connectivity index (χ3n) is 4.51. The van der Waals surface area contributed by atoms with Gasteiger partial charge in [0.05, 0.1) is 23.7 Å². The molecule has 1 fully saturated rings. The van der Waals surface area contributed by atoms with E-state index in [-0.39, 0.29) is 17.5 Å². The number of nitrogens with zero attached hydrogens (tertiary/aromatic N) is 2. The van der Waals surface area contributed by atoms with E-state index in [0.717, 1.165) is 43.2 Å². The van der Waals surface area contributed by atoms with Crippen LogP contribution in [0, 0.1) is 0 Å². The number of nitrogens with one attached hydrogen (secondary N) is 1. The zero-order chi connectivity index (χ0) is 16.2. The van der Waals surface area contributed by atoms with Crippen LogP contribution in [0.2, 0.25) is 0 Å². The molecule has 1 saturated carbocycles. The Bertz CT molecular complexity index is 760. The van der Waals surface area contributed by atoms with E-state index in [4.69, 9.17) is 0 Å². The van der Waals surface area contributed by atoms with Crippen molar-refractivity contribution in [3.8, 4) is 0 Å². The molecule has 1 amide bonds. The van der Waals surface area contributed by atoms with Gasteiger partial charge in [-0.15, -0.1) is 0 Å². The summed E-state index contributed by atoms with van der Waals surface area (Å²) in [5, 5.41) is 9.04. The number of benzene rings is 1. The molecule has 5 heteroatoms. The van der Waals surface area contributed by atoms with Gasteiger partial charge in [-0.05, 0) is 25.3 Å². The van der Waals surface area contributed by atoms with Crippen LogP contribution in [0.15, 0.2) is 29.1 Å². The summed E-state index contributed by atoms with van der Waals surface area (Å²) in [4.78, 5) is 24.5. The summed E-state index contributed by atoms with van der Waals surface area (Å²) in [7, 11) is 0. The molecule has 0 bridgehead atoms. The molecule has 0 spiro atoms. The van der Waals surface area contributed by atoms with Gasteiger partial charge in [-0.25, -0.2) is 4.68 Å². The molecule has 0 atom stereocenters. The minimum Gasteiger partial charge on any atom is -0.350 e. The van der Waals surface area contributed by atoms with Crippen LogP contribution < -0.4 is 10.9 Å². The second-order valence-electron chi connectivity index (χ2n) is 6.21. The van der Waals surface area contributed by atoms with Crippen molar-refractivity contribution in [3.05, 3.63) is 40.3 Å². The SMILES string of the molecule is CCCC(=O)NCc1nn(C2CCCC2)c(=O)c2ccccc12. The molecule has 23 heavy (non-hydrogen) atoms. The van der Waals surface area contributed by atoms with Crippen LogP contribution in [0.25, 0.3) is 10.8 Å². The highest BCUT2D eigenvalue weighted by Crippen LogP contribution is 2.28. The number of aromatic nitrogens is 2. The summed E-state index contributed by atoms with van der Waals surface area (Å²) in [6, 6.07) is 7.73. The van der Waals surface area contributed by atoms with Crippen molar-refractivity contribution in [2.75, 3.05) is 0 Å². The number of amides is 1. The lowest BCUT2D eigenvalue weighted by Gasteiger charge is -2.16. The fourth-order valence-electron chi connectivity index (χ4n) is 3.30. The van der Waals surface area contributed by atoms with E-state index in [2.05, 4.69) is 10.4 Å². The predicted octanol–water partition coefficient (Wildman–Crippen LogP) is 2.93. The first-order valence-corrected chi connectivity index (χ1v) is 8.48. The Hall–Kier alpha value is -2.17. The first kappa shape index (κ1) is 15.7. The Kier molecular flexibility index (Phi) is 4.74. The van der Waals surface area contributed by atoms with Crippen LogP contribution in [0.4, 0.5) is 0 Å². The van der Waals surface area contributed by atoms with Crippen molar-refractivity contribution in [2.24, 2.45) is 0 Å². The summed E-state index contributed by atoms with van der Waals surface area (Å²) in [6.45, 7) is 2.35. The van der Waals surface area contributed by atoms with Gasteiger partial charge in [0.25, 0.3) is 5.56 Å². The summed E-state index contributed by atoms with van der Waals surface area (Å²) < 4.78 is 1.65. The maximum Gasteiger partial charge on any atom is 0.274 e. The van der Waals surface area contributed by atoms with Gasteiger partial charge in [0.2, 0.25) is 5.91 Å². The van der Waals surface area contributed by atoms with E-state index < -0.39 is 0 Å². The molecule has 0 saturated heterocycles. The normalized spacial score (nSPS) is 15.2. The van der Waals surface area contributed by atoms with Crippen LogP contribution in [0.1, 0.15) is 57.2 Å². The maximum absolute atomic E-state index is 12.7. The smallest absolute Gasteiger partial charge is 0.274 e. The average Bonchev–Trinajstić information content (AvgIpc) is 3.09. The van der Waals surface area contributed by atoms with E-state index >= 15 is 0 Å². The van der Waals surface area contributed by atoms with Crippen LogP contribution in [0.5, 0.6) is 0 Å². The third-order valence-corrected chi connectivity index (χ3v) is 4.51. The molecule has 0 radical (unpaired) electrons. The van der Waals surface area contributed by atoms with Gasteiger partial charge in [-0.2, -0.15) is 5.10 Å². The number of fused-ring (bicyclic) bond motifs is 1. The molecule has 0 aliphatic heterocycles. The fourth-order valence-corrected chi connectivity index (χ4v) is 3.30. The minimum atomic E-state index is -0.0175. The van der Waals surface area contributed by atoms with E-state index in [1.165, 1.54) is 0 Å². The van der Waals surface area contributed by atoms with E-state index in [1.54, 1.807) is 4.68 Å². The number of hydrogen-bond acceptors (Lipinski definition) is 3. The Labute approximate surface area is 135 Å². The molecular weight excluding hydrogens is 290 g/mol. The van der Waals surface area contributed by atoms with Gasteiger partial charge >= 0.3 is 0 Å². The minimum absolute atomic E-state index is 0.0175. The molecule has 1 aliphatic carbocycles. The molecule has 3 rings (SSSR count). The van der Waals surface area contributed by atoms with Gasteiger partial charge in [-0.3, -0.25) is 9.59 Å². The Balaban J connectivity index is 1.99. The Morgan fingerprint density at radius 1 is 1.26 bits per heavy atom. The predicted molar refractivity (Wildman–Crippen MR) is 90.3 cm³/mol. The average molecular weight is 313 g/mol. The Morgan fingerprint density at radius 3 is 2.65 bits per heavy atom. The second-order valence-corrected chi connectivity index (χ2v) is 6.21. The van der Waals surface area contributed by atoms with Gasteiger partial charge < -0.3 is 5.32 Å². The quantitative estimate of drug-likeness (QED) is 0.923.